The largest absolute Gasteiger partial charge is 0.497 e. The molecule has 9 rings (SSSR count). The molecule has 2 aromatic heterocycles. The van der Waals surface area contributed by atoms with Crippen LogP contribution in [0.2, 0.25) is 0 Å². The number of methoxy groups -OCH3 is 1. The van der Waals surface area contributed by atoms with Crippen molar-refractivity contribution in [2.75, 3.05) is 7.11 Å². The van der Waals surface area contributed by atoms with Gasteiger partial charge in [-0.1, -0.05) is 78.9 Å². The molecule has 0 radical (unpaired) electrons. The minimum Gasteiger partial charge on any atom is -0.497 e. The predicted octanol–water partition coefficient (Wildman–Crippen LogP) is 11.1. The van der Waals surface area contributed by atoms with E-state index in [1.807, 2.05) is 0 Å². The van der Waals surface area contributed by atoms with Crippen LogP contribution in [0.3, 0.4) is 0 Å². The summed E-state index contributed by atoms with van der Waals surface area (Å²) in [6.45, 7) is 0. The number of rotatable bonds is 5. The Morgan fingerprint density at radius 2 is 1.04 bits per heavy atom. The van der Waals surface area contributed by atoms with Crippen molar-refractivity contribution in [2.24, 2.45) is 0 Å². The Bertz CT molecular complexity index is 2480. The minimum absolute atomic E-state index is 0.325. The molecule has 0 fully saturated rings. The maximum absolute atomic E-state index is 5.45. The highest BCUT2D eigenvalue weighted by Crippen LogP contribution is 2.39. The van der Waals surface area contributed by atoms with Crippen molar-refractivity contribution in [3.63, 3.8) is 0 Å². The first-order valence-corrected chi connectivity index (χ1v) is 15.9. The lowest BCUT2D eigenvalue weighted by Gasteiger charge is -2.16. The molecule has 1 aliphatic carbocycles. The van der Waals surface area contributed by atoms with Gasteiger partial charge in [0, 0.05) is 38.8 Å². The lowest BCUT2D eigenvalue weighted by Crippen LogP contribution is -2.00. The van der Waals surface area contributed by atoms with E-state index in [1.165, 1.54) is 71.7 Å². The zero-order chi connectivity index (χ0) is 30.6. The summed E-state index contributed by atoms with van der Waals surface area (Å²) < 4.78 is 10.2. The van der Waals surface area contributed by atoms with Crippen LogP contribution in [-0.4, -0.2) is 16.2 Å². The maximum Gasteiger partial charge on any atom is 0.114 e. The van der Waals surface area contributed by atoms with Crippen LogP contribution in [-0.2, 0) is 4.74 Å². The minimum atomic E-state index is 0.325. The highest BCUT2D eigenvalue weighted by molar-refractivity contribution is 6.12. The molecule has 3 nitrogen and oxygen atoms in total. The van der Waals surface area contributed by atoms with Gasteiger partial charge in [-0.05, 0) is 102 Å². The molecular formula is C43H32N2O. The Hall–Kier alpha value is -5.80. The van der Waals surface area contributed by atoms with Crippen LogP contribution >= 0.6 is 0 Å². The number of nitrogens with zero attached hydrogens (tertiary/aromatic N) is 2. The summed E-state index contributed by atoms with van der Waals surface area (Å²) >= 11 is 0. The fourth-order valence-corrected chi connectivity index (χ4v) is 7.31. The summed E-state index contributed by atoms with van der Waals surface area (Å²) in [5.41, 5.74) is 11.0. The molecular weight excluding hydrogens is 560 g/mol. The fraction of sp³-hybridized carbons (Fsp3) is 0.0698. The van der Waals surface area contributed by atoms with E-state index in [0.29, 0.717) is 5.92 Å². The van der Waals surface area contributed by atoms with E-state index in [0.717, 1.165) is 12.2 Å². The number of ether oxygens (including phenoxy) is 1. The fourth-order valence-electron chi connectivity index (χ4n) is 7.31. The number of para-hydroxylation sites is 3. The molecule has 3 heteroatoms. The monoisotopic (exact) mass is 592 g/mol. The molecule has 1 unspecified atom stereocenters. The van der Waals surface area contributed by atoms with E-state index >= 15 is 0 Å². The lowest BCUT2D eigenvalue weighted by atomic mass is 9.91. The molecule has 0 saturated carbocycles. The highest BCUT2D eigenvalue weighted by Gasteiger charge is 2.18. The number of aromatic nitrogens is 2. The Balaban J connectivity index is 1.24. The Labute approximate surface area is 267 Å². The molecule has 6 aromatic carbocycles. The van der Waals surface area contributed by atoms with Gasteiger partial charge < -0.3 is 13.9 Å². The van der Waals surface area contributed by atoms with Crippen molar-refractivity contribution in [1.82, 2.24) is 9.13 Å². The molecule has 8 aromatic rings. The zero-order valence-corrected chi connectivity index (χ0v) is 25.6. The van der Waals surface area contributed by atoms with E-state index < -0.39 is 0 Å². The van der Waals surface area contributed by atoms with Crippen LogP contribution in [0.25, 0.3) is 66.1 Å². The average molecular weight is 593 g/mol. The molecule has 46 heavy (non-hydrogen) atoms. The van der Waals surface area contributed by atoms with Gasteiger partial charge in [0.15, 0.2) is 0 Å². The summed E-state index contributed by atoms with van der Waals surface area (Å²) in [6, 6.07) is 50.9. The van der Waals surface area contributed by atoms with Crippen LogP contribution in [0.5, 0.6) is 0 Å². The molecule has 220 valence electrons. The molecule has 1 atom stereocenters. The Kier molecular flexibility index (Phi) is 6.17. The van der Waals surface area contributed by atoms with Crippen LogP contribution in [0.15, 0.2) is 164 Å². The Morgan fingerprint density at radius 3 is 1.63 bits per heavy atom. The van der Waals surface area contributed by atoms with E-state index in [-0.39, 0.29) is 0 Å². The Morgan fingerprint density at radius 1 is 0.522 bits per heavy atom. The first-order chi connectivity index (χ1) is 22.8. The van der Waals surface area contributed by atoms with Crippen molar-refractivity contribution >= 4 is 43.6 Å². The second kappa shape index (κ2) is 10.7. The van der Waals surface area contributed by atoms with Crippen molar-refractivity contribution in [2.45, 2.75) is 12.3 Å². The van der Waals surface area contributed by atoms with Crippen molar-refractivity contribution in [1.29, 1.82) is 0 Å². The molecule has 0 N–H and O–H groups in total. The van der Waals surface area contributed by atoms with Gasteiger partial charge in [0.2, 0.25) is 0 Å². The van der Waals surface area contributed by atoms with Gasteiger partial charge in [-0.15, -0.1) is 0 Å². The number of benzene rings is 6. The normalized spacial score (nSPS) is 14.8. The second-order valence-electron chi connectivity index (χ2n) is 12.1. The molecule has 2 heterocycles. The molecule has 0 bridgehead atoms. The summed E-state index contributed by atoms with van der Waals surface area (Å²) in [7, 11) is 1.73. The predicted molar refractivity (Wildman–Crippen MR) is 192 cm³/mol. The lowest BCUT2D eigenvalue weighted by molar-refractivity contribution is 0.303. The van der Waals surface area contributed by atoms with E-state index in [4.69, 9.17) is 4.74 Å². The summed E-state index contributed by atoms with van der Waals surface area (Å²) in [4.78, 5) is 0. The van der Waals surface area contributed by atoms with Gasteiger partial charge in [0.1, 0.15) is 5.76 Å². The summed E-state index contributed by atoms with van der Waals surface area (Å²) in [5, 5.41) is 5.06. The number of hydrogen-bond donors (Lipinski definition) is 0. The van der Waals surface area contributed by atoms with Gasteiger partial charge in [-0.25, -0.2) is 0 Å². The van der Waals surface area contributed by atoms with E-state index in [1.54, 1.807) is 7.11 Å². The average Bonchev–Trinajstić information content (AvgIpc) is 3.64. The summed E-state index contributed by atoms with van der Waals surface area (Å²) in [6.07, 6.45) is 7.48. The third-order valence-electron chi connectivity index (χ3n) is 9.55. The van der Waals surface area contributed by atoms with Gasteiger partial charge >= 0.3 is 0 Å². The second-order valence-corrected chi connectivity index (χ2v) is 12.1. The van der Waals surface area contributed by atoms with Crippen molar-refractivity contribution < 1.29 is 4.74 Å². The number of allylic oxidation sites excluding steroid dienone is 3. The smallest absolute Gasteiger partial charge is 0.114 e. The zero-order valence-electron chi connectivity index (χ0n) is 25.6. The van der Waals surface area contributed by atoms with Crippen LogP contribution < -0.4 is 0 Å². The standard InChI is InChI=1S/C43H32N2O/c1-46-35-21-16-29(17-22-35)30-18-23-42-38(26-30)39-28-32(20-25-43(39)45(42)34-12-6-3-7-13-34)31-19-24-41-37(27-31)36-14-8-9-15-40(36)44(41)33-10-4-2-5-11-33/h2-16,18-29H,17H2,1H3. The highest BCUT2D eigenvalue weighted by atomic mass is 16.5. The SMILES string of the molecule is COC1=CCC(c2ccc3c(c2)c2cc(-c4ccc5c(c4)c4ccccc4n5-c4ccccc4)ccc2n3-c2ccccc2)C=C1. The molecule has 0 spiro atoms. The number of fused-ring (bicyclic) bond motifs is 6. The number of hydrogen-bond acceptors (Lipinski definition) is 1. The third kappa shape index (κ3) is 4.20. The van der Waals surface area contributed by atoms with Crippen molar-refractivity contribution in [3.05, 3.63) is 169 Å². The van der Waals surface area contributed by atoms with Crippen LogP contribution in [0, 0.1) is 0 Å². The quantitative estimate of drug-likeness (QED) is 0.195. The first kappa shape index (κ1) is 26.6. The van der Waals surface area contributed by atoms with E-state index in [2.05, 4.69) is 167 Å². The maximum atomic E-state index is 5.45. The third-order valence-corrected chi connectivity index (χ3v) is 9.55. The van der Waals surface area contributed by atoms with Crippen molar-refractivity contribution in [3.8, 4) is 22.5 Å². The van der Waals surface area contributed by atoms with Gasteiger partial charge in [-0.2, -0.15) is 0 Å². The molecule has 1 aliphatic rings. The molecule has 0 aliphatic heterocycles. The topological polar surface area (TPSA) is 19.1 Å². The van der Waals surface area contributed by atoms with Gasteiger partial charge in [0.05, 0.1) is 29.2 Å². The molecule has 0 saturated heterocycles. The van der Waals surface area contributed by atoms with Gasteiger partial charge in [-0.3, -0.25) is 0 Å². The first-order valence-electron chi connectivity index (χ1n) is 15.9. The van der Waals surface area contributed by atoms with Gasteiger partial charge in [0.25, 0.3) is 0 Å². The molecule has 0 amide bonds. The van der Waals surface area contributed by atoms with Crippen LogP contribution in [0.4, 0.5) is 0 Å². The van der Waals surface area contributed by atoms with Crippen LogP contribution in [0.1, 0.15) is 17.9 Å². The van der Waals surface area contributed by atoms with E-state index in [9.17, 15) is 0 Å². The summed E-state index contributed by atoms with van der Waals surface area (Å²) in [5.74, 6) is 1.26.